The van der Waals surface area contributed by atoms with Crippen LogP contribution in [0.25, 0.3) is 15.9 Å². The Morgan fingerprint density at radius 3 is 2.70 bits per heavy atom. The molecule has 4 aromatic rings. The molecule has 8 heteroatoms. The quantitative estimate of drug-likeness (QED) is 0.321. The van der Waals surface area contributed by atoms with E-state index < -0.39 is 0 Å². The summed E-state index contributed by atoms with van der Waals surface area (Å²) in [5, 5.41) is 5.83. The molecule has 0 aliphatic carbocycles. The third kappa shape index (κ3) is 4.14. The first kappa shape index (κ1) is 20.7. The number of hydrogen-bond acceptors (Lipinski definition) is 5. The summed E-state index contributed by atoms with van der Waals surface area (Å²) in [6, 6.07) is 14.6. The Hall–Kier alpha value is -2.61. The number of benzene rings is 2. The summed E-state index contributed by atoms with van der Waals surface area (Å²) < 4.78 is 2.11. The first-order valence-electron chi connectivity index (χ1n) is 9.19. The largest absolute Gasteiger partial charge is 0.325 e. The van der Waals surface area contributed by atoms with Crippen molar-refractivity contribution in [2.45, 2.75) is 19.0 Å². The Labute approximate surface area is 186 Å². The molecule has 2 aromatic heterocycles. The van der Waals surface area contributed by atoms with Gasteiger partial charge in [0.1, 0.15) is 4.70 Å². The molecule has 2 heterocycles. The van der Waals surface area contributed by atoms with Crippen molar-refractivity contribution in [1.82, 2.24) is 9.55 Å². The van der Waals surface area contributed by atoms with Crippen LogP contribution in [0.3, 0.4) is 0 Å². The number of carbonyl (C=O) groups excluding carboxylic acids is 1. The zero-order valence-electron chi connectivity index (χ0n) is 16.3. The fourth-order valence-electron chi connectivity index (χ4n) is 3.01. The average Bonchev–Trinajstić information content (AvgIpc) is 3.20. The van der Waals surface area contributed by atoms with E-state index in [1.54, 1.807) is 24.3 Å². The number of aryl methyl sites for hydroxylation is 1. The lowest BCUT2D eigenvalue weighted by Gasteiger charge is -2.13. The van der Waals surface area contributed by atoms with Crippen LogP contribution >= 0.6 is 34.7 Å². The Kier molecular flexibility index (Phi) is 5.94. The number of hydrogen-bond donors (Lipinski definition) is 1. The van der Waals surface area contributed by atoms with E-state index in [1.165, 1.54) is 27.7 Å². The summed E-state index contributed by atoms with van der Waals surface area (Å²) in [6.07, 6.45) is 0. The molecular formula is C22H18ClN3O2S2. The summed E-state index contributed by atoms with van der Waals surface area (Å²) in [6.45, 7) is 3.98. The zero-order valence-corrected chi connectivity index (χ0v) is 18.7. The Morgan fingerprint density at radius 1 is 1.17 bits per heavy atom. The van der Waals surface area contributed by atoms with Crippen LogP contribution in [0, 0.1) is 13.8 Å². The van der Waals surface area contributed by atoms with Crippen molar-refractivity contribution >= 4 is 56.5 Å². The maximum absolute atomic E-state index is 13.1. The number of anilines is 1. The van der Waals surface area contributed by atoms with Gasteiger partial charge in [-0.1, -0.05) is 35.5 Å². The van der Waals surface area contributed by atoms with E-state index in [-0.39, 0.29) is 17.2 Å². The standard InChI is InChI=1S/C22H18ClN3O2S2/c1-13-4-3-5-17(14(13)2)24-19(27)12-30-22-25-18-10-11-29-20(18)21(28)26(22)16-8-6-15(23)7-9-16/h3-11H,12H2,1-2H3,(H,24,27). The Bertz CT molecular complexity index is 1300. The Morgan fingerprint density at radius 2 is 1.93 bits per heavy atom. The Balaban J connectivity index is 1.64. The van der Waals surface area contributed by atoms with E-state index in [0.717, 1.165) is 16.8 Å². The molecule has 0 radical (unpaired) electrons. The average molecular weight is 456 g/mol. The monoisotopic (exact) mass is 455 g/mol. The third-order valence-electron chi connectivity index (χ3n) is 4.75. The smallest absolute Gasteiger partial charge is 0.276 e. The number of aromatic nitrogens is 2. The zero-order chi connectivity index (χ0) is 21.3. The van der Waals surface area contributed by atoms with Crippen molar-refractivity contribution in [3.63, 3.8) is 0 Å². The summed E-state index contributed by atoms with van der Waals surface area (Å²) in [4.78, 5) is 30.3. The van der Waals surface area contributed by atoms with Gasteiger partial charge in [0.25, 0.3) is 5.56 Å². The molecule has 5 nitrogen and oxygen atoms in total. The minimum absolute atomic E-state index is 0.128. The van der Waals surface area contributed by atoms with Gasteiger partial charge in [-0.25, -0.2) is 4.98 Å². The number of thioether (sulfide) groups is 1. The second-order valence-electron chi connectivity index (χ2n) is 6.73. The first-order chi connectivity index (χ1) is 14.4. The van der Waals surface area contributed by atoms with Crippen molar-refractivity contribution in [2.24, 2.45) is 0 Å². The molecule has 0 saturated carbocycles. The topological polar surface area (TPSA) is 64.0 Å². The summed E-state index contributed by atoms with van der Waals surface area (Å²) in [5.41, 5.74) is 4.07. The normalized spacial score (nSPS) is 11.0. The van der Waals surface area contributed by atoms with Crippen LogP contribution in [0.5, 0.6) is 0 Å². The molecule has 0 aliphatic heterocycles. The minimum Gasteiger partial charge on any atom is -0.325 e. The van der Waals surface area contributed by atoms with E-state index in [9.17, 15) is 9.59 Å². The second-order valence-corrected chi connectivity index (χ2v) is 9.03. The van der Waals surface area contributed by atoms with Crippen LogP contribution in [0.1, 0.15) is 11.1 Å². The molecule has 0 spiro atoms. The number of nitrogens with one attached hydrogen (secondary N) is 1. The van der Waals surface area contributed by atoms with Crippen molar-refractivity contribution in [1.29, 1.82) is 0 Å². The summed E-state index contributed by atoms with van der Waals surface area (Å²) in [5.74, 6) is -0.0284. The van der Waals surface area contributed by atoms with E-state index in [4.69, 9.17) is 11.6 Å². The highest BCUT2D eigenvalue weighted by Gasteiger charge is 2.16. The van der Waals surface area contributed by atoms with Gasteiger partial charge >= 0.3 is 0 Å². The van der Waals surface area contributed by atoms with E-state index in [0.29, 0.717) is 26.1 Å². The third-order valence-corrected chi connectivity index (χ3v) is 6.83. The van der Waals surface area contributed by atoms with Gasteiger partial charge in [-0.3, -0.25) is 14.2 Å². The second kappa shape index (κ2) is 8.63. The van der Waals surface area contributed by atoms with Gasteiger partial charge in [0.05, 0.1) is 17.0 Å². The summed E-state index contributed by atoms with van der Waals surface area (Å²) in [7, 11) is 0. The fraction of sp³-hybridized carbons (Fsp3) is 0.136. The van der Waals surface area contributed by atoms with Gasteiger partial charge in [-0.05, 0) is 66.8 Å². The molecule has 0 aliphatic rings. The molecule has 2 aromatic carbocycles. The first-order valence-corrected chi connectivity index (χ1v) is 11.4. The van der Waals surface area contributed by atoms with Crippen LogP contribution < -0.4 is 10.9 Å². The number of thiophene rings is 1. The van der Waals surface area contributed by atoms with Gasteiger partial charge in [0, 0.05) is 10.7 Å². The number of amides is 1. The fourth-order valence-corrected chi connectivity index (χ4v) is 4.71. The van der Waals surface area contributed by atoms with Crippen LogP contribution in [0.15, 0.2) is 63.9 Å². The summed E-state index contributed by atoms with van der Waals surface area (Å²) >= 11 is 8.58. The van der Waals surface area contributed by atoms with Crippen molar-refractivity contribution in [3.05, 3.63) is 80.4 Å². The molecule has 0 bridgehead atoms. The lowest BCUT2D eigenvalue weighted by atomic mass is 10.1. The van der Waals surface area contributed by atoms with Crippen molar-refractivity contribution in [3.8, 4) is 5.69 Å². The predicted molar refractivity (Wildman–Crippen MR) is 125 cm³/mol. The van der Waals surface area contributed by atoms with Crippen LogP contribution in [-0.4, -0.2) is 21.2 Å². The molecule has 4 rings (SSSR count). The van der Waals surface area contributed by atoms with Gasteiger partial charge in [0.2, 0.25) is 5.91 Å². The van der Waals surface area contributed by atoms with E-state index >= 15 is 0 Å². The SMILES string of the molecule is Cc1cccc(NC(=O)CSc2nc3ccsc3c(=O)n2-c2ccc(Cl)cc2)c1C. The number of carbonyl (C=O) groups is 1. The van der Waals surface area contributed by atoms with Gasteiger partial charge < -0.3 is 5.32 Å². The molecule has 0 saturated heterocycles. The molecule has 0 atom stereocenters. The van der Waals surface area contributed by atoms with Crippen LogP contribution in [-0.2, 0) is 4.79 Å². The van der Waals surface area contributed by atoms with Crippen molar-refractivity contribution in [2.75, 3.05) is 11.1 Å². The highest BCUT2D eigenvalue weighted by atomic mass is 35.5. The molecule has 1 amide bonds. The lowest BCUT2D eigenvalue weighted by Crippen LogP contribution is -2.22. The molecule has 30 heavy (non-hydrogen) atoms. The molecule has 1 N–H and O–H groups in total. The molecule has 0 fully saturated rings. The molecule has 152 valence electrons. The maximum atomic E-state index is 13.1. The highest BCUT2D eigenvalue weighted by Crippen LogP contribution is 2.25. The van der Waals surface area contributed by atoms with Crippen LogP contribution in [0.2, 0.25) is 5.02 Å². The highest BCUT2D eigenvalue weighted by molar-refractivity contribution is 7.99. The molecule has 0 unspecified atom stereocenters. The van der Waals surface area contributed by atoms with Crippen molar-refractivity contribution < 1.29 is 4.79 Å². The van der Waals surface area contributed by atoms with Gasteiger partial charge in [0.15, 0.2) is 5.16 Å². The number of halogens is 1. The maximum Gasteiger partial charge on any atom is 0.276 e. The minimum atomic E-state index is -0.158. The molecular weight excluding hydrogens is 438 g/mol. The number of rotatable bonds is 5. The number of fused-ring (bicyclic) bond motifs is 1. The van der Waals surface area contributed by atoms with E-state index in [1.807, 2.05) is 43.5 Å². The van der Waals surface area contributed by atoms with Crippen LogP contribution in [0.4, 0.5) is 5.69 Å². The van der Waals surface area contributed by atoms with Gasteiger partial charge in [-0.2, -0.15) is 0 Å². The lowest BCUT2D eigenvalue weighted by molar-refractivity contribution is -0.113. The predicted octanol–water partition coefficient (Wildman–Crippen LogP) is 5.45. The van der Waals surface area contributed by atoms with E-state index in [2.05, 4.69) is 10.3 Å². The number of nitrogens with zero attached hydrogens (tertiary/aromatic N) is 2. The van der Waals surface area contributed by atoms with Gasteiger partial charge in [-0.15, -0.1) is 11.3 Å².